The minimum atomic E-state index is -0.296. The Morgan fingerprint density at radius 1 is 1.25 bits per heavy atom. The number of nitrogens with one attached hydrogen (secondary N) is 1. The Labute approximate surface area is 150 Å². The van der Waals surface area contributed by atoms with E-state index in [1.54, 1.807) is 12.1 Å². The molecule has 1 heterocycles. The van der Waals surface area contributed by atoms with Gasteiger partial charge in [-0.1, -0.05) is 24.3 Å². The highest BCUT2D eigenvalue weighted by molar-refractivity contribution is 8.19. The summed E-state index contributed by atoms with van der Waals surface area (Å²) in [6.07, 6.45) is 0. The first-order valence-corrected chi connectivity index (χ1v) is 9.77. The van der Waals surface area contributed by atoms with Crippen molar-refractivity contribution in [3.05, 3.63) is 53.6 Å². The monoisotopic (exact) mass is 361 g/mol. The van der Waals surface area contributed by atoms with Crippen LogP contribution in [0.25, 0.3) is 0 Å². The Balaban J connectivity index is 1.62. The van der Waals surface area contributed by atoms with Crippen LogP contribution in [0.4, 0.5) is 5.69 Å². The van der Waals surface area contributed by atoms with Crippen molar-refractivity contribution in [2.75, 3.05) is 23.4 Å². The molecule has 0 spiro atoms. The predicted molar refractivity (Wildman–Crippen MR) is 101 cm³/mol. The van der Waals surface area contributed by atoms with E-state index in [1.165, 1.54) is 0 Å². The number of phenolic OH excluding ortho intramolecular Hbond substituents is 1. The number of ether oxygens (including phenoxy) is 1. The van der Waals surface area contributed by atoms with Crippen molar-refractivity contribution in [2.24, 2.45) is 0 Å². The van der Waals surface area contributed by atoms with Crippen molar-refractivity contribution in [3.63, 3.8) is 0 Å². The summed E-state index contributed by atoms with van der Waals surface area (Å²) in [5.41, 5.74) is 2.45. The maximum atomic E-state index is 12.1. The van der Waals surface area contributed by atoms with Crippen LogP contribution in [0.3, 0.4) is 0 Å². The van der Waals surface area contributed by atoms with Crippen LogP contribution in [0.5, 0.6) is 11.5 Å². The summed E-state index contributed by atoms with van der Waals surface area (Å²) in [6.45, 7) is 1.79. The molecule has 1 amide bonds. The lowest BCUT2D eigenvalue weighted by molar-refractivity contribution is -0.118. The van der Waals surface area contributed by atoms with Crippen molar-refractivity contribution in [2.45, 2.75) is 11.5 Å². The van der Waals surface area contributed by atoms with Crippen LogP contribution in [-0.2, 0) is 4.79 Å². The molecule has 0 aliphatic carbocycles. The highest BCUT2D eigenvalue weighted by Crippen LogP contribution is 2.48. The van der Waals surface area contributed by atoms with Crippen LogP contribution in [0.1, 0.15) is 15.7 Å². The van der Waals surface area contributed by atoms with E-state index in [2.05, 4.69) is 11.4 Å². The first-order valence-electron chi connectivity index (χ1n) is 7.68. The smallest absolute Gasteiger partial charge is 0.262 e. The van der Waals surface area contributed by atoms with Gasteiger partial charge >= 0.3 is 0 Å². The molecule has 1 aliphatic rings. The van der Waals surface area contributed by atoms with Gasteiger partial charge in [-0.3, -0.25) is 4.79 Å². The topological polar surface area (TPSA) is 58.6 Å². The number of hydrogen-bond donors (Lipinski definition) is 2. The average molecular weight is 361 g/mol. The standard InChI is InChI=1S/C18H19NO3S2/c1-12-6-7-14(15(20)10-12)19-17(21)11-22-16-5-3-2-4-13(16)18-23-8-9-24-18/h2-7,10,18,20H,8-9,11H2,1H3,(H,19,21). The third-order valence-corrected chi connectivity index (χ3v) is 6.65. The number of rotatable bonds is 5. The minimum Gasteiger partial charge on any atom is -0.506 e. The fourth-order valence-electron chi connectivity index (χ4n) is 2.42. The summed E-state index contributed by atoms with van der Waals surface area (Å²) in [6, 6.07) is 13.0. The fraction of sp³-hybridized carbons (Fsp3) is 0.278. The minimum absolute atomic E-state index is 0.0579. The number of hydrogen-bond acceptors (Lipinski definition) is 5. The Morgan fingerprint density at radius 2 is 2.00 bits per heavy atom. The third kappa shape index (κ3) is 4.19. The summed E-state index contributed by atoms with van der Waals surface area (Å²) < 4.78 is 6.09. The van der Waals surface area contributed by atoms with Crippen molar-refractivity contribution in [1.82, 2.24) is 0 Å². The Morgan fingerprint density at radius 3 is 2.75 bits per heavy atom. The lowest BCUT2D eigenvalue weighted by Gasteiger charge is -2.15. The molecule has 0 radical (unpaired) electrons. The molecule has 0 atom stereocenters. The zero-order valence-electron chi connectivity index (χ0n) is 13.3. The Bertz CT molecular complexity index is 730. The molecule has 2 aromatic rings. The van der Waals surface area contributed by atoms with Crippen LogP contribution in [0.15, 0.2) is 42.5 Å². The van der Waals surface area contributed by atoms with E-state index in [0.717, 1.165) is 28.4 Å². The van der Waals surface area contributed by atoms with Gasteiger partial charge in [0.1, 0.15) is 11.5 Å². The van der Waals surface area contributed by atoms with Gasteiger partial charge < -0.3 is 15.2 Å². The van der Waals surface area contributed by atoms with Crippen LogP contribution < -0.4 is 10.1 Å². The number of phenols is 1. The van der Waals surface area contributed by atoms with E-state index < -0.39 is 0 Å². The zero-order chi connectivity index (χ0) is 16.9. The van der Waals surface area contributed by atoms with E-state index in [1.807, 2.05) is 54.7 Å². The highest BCUT2D eigenvalue weighted by Gasteiger charge is 2.21. The summed E-state index contributed by atoms with van der Waals surface area (Å²) >= 11 is 3.80. The molecule has 2 N–H and O–H groups in total. The van der Waals surface area contributed by atoms with Gasteiger partial charge in [-0.2, -0.15) is 0 Å². The number of carbonyl (C=O) groups is 1. The van der Waals surface area contributed by atoms with Gasteiger partial charge in [-0.25, -0.2) is 0 Å². The molecular formula is C18H19NO3S2. The van der Waals surface area contributed by atoms with E-state index >= 15 is 0 Å². The number of benzene rings is 2. The molecule has 1 fully saturated rings. The van der Waals surface area contributed by atoms with Crippen molar-refractivity contribution < 1.29 is 14.6 Å². The molecule has 3 rings (SSSR count). The van der Waals surface area contributed by atoms with Crippen molar-refractivity contribution in [1.29, 1.82) is 0 Å². The number of carbonyl (C=O) groups excluding carboxylic acids is 1. The normalized spacial score (nSPS) is 14.5. The van der Waals surface area contributed by atoms with E-state index in [4.69, 9.17) is 4.74 Å². The molecule has 0 bridgehead atoms. The highest BCUT2D eigenvalue weighted by atomic mass is 32.2. The molecule has 126 valence electrons. The molecule has 1 aliphatic heterocycles. The van der Waals surface area contributed by atoms with Crippen LogP contribution >= 0.6 is 23.5 Å². The molecule has 24 heavy (non-hydrogen) atoms. The SMILES string of the molecule is Cc1ccc(NC(=O)COc2ccccc2C2SCCS2)c(O)c1. The molecule has 6 heteroatoms. The summed E-state index contributed by atoms with van der Waals surface area (Å²) in [5.74, 6) is 2.78. The van der Waals surface area contributed by atoms with E-state index in [-0.39, 0.29) is 18.3 Å². The molecule has 1 saturated heterocycles. The molecule has 0 unspecified atom stereocenters. The zero-order valence-corrected chi connectivity index (χ0v) is 15.0. The number of aryl methyl sites for hydroxylation is 1. The predicted octanol–water partition coefficient (Wildman–Crippen LogP) is 4.20. The van der Waals surface area contributed by atoms with Gasteiger partial charge in [0, 0.05) is 17.1 Å². The molecule has 4 nitrogen and oxygen atoms in total. The van der Waals surface area contributed by atoms with Crippen molar-refractivity contribution in [3.8, 4) is 11.5 Å². The fourth-order valence-corrected chi connectivity index (χ4v) is 5.33. The van der Waals surface area contributed by atoms with Gasteiger partial charge in [0.05, 0.1) is 10.3 Å². The average Bonchev–Trinajstić information content (AvgIpc) is 3.10. The summed E-state index contributed by atoms with van der Waals surface area (Å²) in [7, 11) is 0. The largest absolute Gasteiger partial charge is 0.506 e. The second-order valence-corrected chi connectivity index (χ2v) is 8.19. The van der Waals surface area contributed by atoms with Crippen LogP contribution in [0, 0.1) is 6.92 Å². The second kappa shape index (κ2) is 7.85. The van der Waals surface area contributed by atoms with Gasteiger partial charge in [-0.15, -0.1) is 23.5 Å². The lowest BCUT2D eigenvalue weighted by atomic mass is 10.2. The number of amides is 1. The maximum absolute atomic E-state index is 12.1. The summed E-state index contributed by atoms with van der Waals surface area (Å²) in [5, 5.41) is 12.5. The number of anilines is 1. The third-order valence-electron chi connectivity index (χ3n) is 3.58. The first-order chi connectivity index (χ1) is 11.6. The lowest BCUT2D eigenvalue weighted by Crippen LogP contribution is -2.20. The molecular weight excluding hydrogens is 342 g/mol. The van der Waals surface area contributed by atoms with Crippen LogP contribution in [-0.4, -0.2) is 29.1 Å². The second-order valence-electron chi connectivity index (χ2n) is 5.47. The van der Waals surface area contributed by atoms with Gasteiger partial charge in [0.15, 0.2) is 6.61 Å². The molecule has 0 saturated carbocycles. The van der Waals surface area contributed by atoms with E-state index in [9.17, 15) is 9.90 Å². The Hall–Kier alpha value is -1.79. The summed E-state index contributed by atoms with van der Waals surface area (Å²) in [4.78, 5) is 12.1. The number of aromatic hydroxyl groups is 1. The quantitative estimate of drug-likeness (QED) is 0.782. The number of para-hydroxylation sites is 1. The molecule has 2 aromatic carbocycles. The molecule has 0 aromatic heterocycles. The first kappa shape index (κ1) is 17.0. The number of thioether (sulfide) groups is 2. The van der Waals surface area contributed by atoms with Gasteiger partial charge in [0.25, 0.3) is 5.91 Å². The van der Waals surface area contributed by atoms with Gasteiger partial charge in [0.2, 0.25) is 0 Å². The van der Waals surface area contributed by atoms with Crippen LogP contribution in [0.2, 0.25) is 0 Å². The van der Waals surface area contributed by atoms with Crippen molar-refractivity contribution >= 4 is 35.1 Å². The Kier molecular flexibility index (Phi) is 5.58. The van der Waals surface area contributed by atoms with Gasteiger partial charge in [-0.05, 0) is 30.7 Å². The van der Waals surface area contributed by atoms with E-state index in [0.29, 0.717) is 10.3 Å². The maximum Gasteiger partial charge on any atom is 0.262 e.